The summed E-state index contributed by atoms with van der Waals surface area (Å²) in [6.45, 7) is 3.74. The number of carbonyl (C=O) groups is 2. The molecule has 3 N–H and O–H groups in total. The van der Waals surface area contributed by atoms with Crippen molar-refractivity contribution in [2.45, 2.75) is 26.7 Å². The molecule has 1 heterocycles. The minimum absolute atomic E-state index is 0.00166. The lowest BCUT2D eigenvalue weighted by molar-refractivity contribution is -0.147. The van der Waals surface area contributed by atoms with Gasteiger partial charge in [0.2, 0.25) is 5.91 Å². The summed E-state index contributed by atoms with van der Waals surface area (Å²) >= 11 is 0. The first-order valence-corrected chi connectivity index (χ1v) is 6.23. The van der Waals surface area contributed by atoms with E-state index in [1.54, 1.807) is 30.9 Å². The predicted molar refractivity (Wildman–Crippen MR) is 72.9 cm³/mol. The Balaban J connectivity index is 2.15. The highest BCUT2D eigenvalue weighted by atomic mass is 16.4. The van der Waals surface area contributed by atoms with E-state index in [4.69, 9.17) is 10.8 Å². The van der Waals surface area contributed by atoms with Crippen molar-refractivity contribution in [2.75, 3.05) is 17.2 Å². The fraction of sp³-hybridized carbons (Fsp3) is 0.429. The highest BCUT2D eigenvalue weighted by molar-refractivity contribution is 6.01. The van der Waals surface area contributed by atoms with E-state index in [-0.39, 0.29) is 5.91 Å². The van der Waals surface area contributed by atoms with Crippen LogP contribution >= 0.6 is 0 Å². The number of nitrogen functional groups attached to an aromatic ring is 1. The van der Waals surface area contributed by atoms with Gasteiger partial charge in [-0.15, -0.1) is 0 Å². The van der Waals surface area contributed by atoms with E-state index in [1.807, 2.05) is 6.07 Å². The zero-order valence-electron chi connectivity index (χ0n) is 11.1. The van der Waals surface area contributed by atoms with Crippen molar-refractivity contribution in [2.24, 2.45) is 5.41 Å². The molecule has 2 rings (SSSR count). The Bertz CT molecular complexity index is 537. The Morgan fingerprint density at radius 3 is 2.79 bits per heavy atom. The minimum atomic E-state index is -0.850. The number of anilines is 2. The fourth-order valence-electron chi connectivity index (χ4n) is 2.15. The Labute approximate surface area is 112 Å². The van der Waals surface area contributed by atoms with Gasteiger partial charge in [-0.25, -0.2) is 0 Å². The van der Waals surface area contributed by atoms with Crippen molar-refractivity contribution in [3.05, 3.63) is 23.8 Å². The van der Waals surface area contributed by atoms with E-state index >= 15 is 0 Å². The third-order valence-corrected chi connectivity index (χ3v) is 3.58. The number of benzene rings is 1. The largest absolute Gasteiger partial charge is 0.481 e. The average molecular weight is 262 g/mol. The molecule has 5 nitrogen and oxygen atoms in total. The second-order valence-electron chi connectivity index (χ2n) is 5.55. The number of hydrogen-bond acceptors (Lipinski definition) is 3. The number of fused-ring (bicyclic) bond motifs is 1. The molecule has 19 heavy (non-hydrogen) atoms. The molecular weight excluding hydrogens is 244 g/mol. The molecular formula is C14H18N2O3. The molecule has 0 unspecified atom stereocenters. The van der Waals surface area contributed by atoms with Gasteiger partial charge in [0.1, 0.15) is 0 Å². The van der Waals surface area contributed by atoms with Gasteiger partial charge in [0.25, 0.3) is 0 Å². The molecule has 1 aliphatic rings. The summed E-state index contributed by atoms with van der Waals surface area (Å²) in [5.74, 6) is -0.849. The zero-order chi connectivity index (χ0) is 14.2. The van der Waals surface area contributed by atoms with Crippen LogP contribution < -0.4 is 10.6 Å². The maximum absolute atomic E-state index is 12.0. The van der Waals surface area contributed by atoms with Gasteiger partial charge in [-0.2, -0.15) is 0 Å². The summed E-state index contributed by atoms with van der Waals surface area (Å²) in [5, 5.41) is 9.09. The first-order valence-electron chi connectivity index (χ1n) is 6.23. The summed E-state index contributed by atoms with van der Waals surface area (Å²) < 4.78 is 0. The van der Waals surface area contributed by atoms with Gasteiger partial charge < -0.3 is 15.7 Å². The lowest BCUT2D eigenvalue weighted by Crippen LogP contribution is -2.33. The first-order chi connectivity index (χ1) is 8.81. The number of aliphatic carboxylic acids is 1. The normalized spacial score (nSPS) is 14.6. The van der Waals surface area contributed by atoms with Crippen molar-refractivity contribution in [3.63, 3.8) is 0 Å². The number of nitrogens with two attached hydrogens (primary N) is 1. The van der Waals surface area contributed by atoms with Crippen LogP contribution in [0, 0.1) is 5.41 Å². The van der Waals surface area contributed by atoms with Gasteiger partial charge in [0.15, 0.2) is 0 Å². The lowest BCUT2D eigenvalue weighted by atomic mass is 9.89. The summed E-state index contributed by atoms with van der Waals surface area (Å²) in [7, 11) is 0. The number of nitrogens with zero attached hydrogens (tertiary/aromatic N) is 1. The monoisotopic (exact) mass is 262 g/mol. The Morgan fingerprint density at radius 2 is 2.16 bits per heavy atom. The van der Waals surface area contributed by atoms with E-state index in [9.17, 15) is 9.59 Å². The van der Waals surface area contributed by atoms with Crippen molar-refractivity contribution in [1.82, 2.24) is 0 Å². The fourth-order valence-corrected chi connectivity index (χ4v) is 2.15. The smallest absolute Gasteiger partial charge is 0.309 e. The van der Waals surface area contributed by atoms with Crippen LogP contribution in [-0.2, 0) is 16.0 Å². The third kappa shape index (κ3) is 2.54. The van der Waals surface area contributed by atoms with Crippen LogP contribution in [0.15, 0.2) is 18.2 Å². The van der Waals surface area contributed by atoms with E-state index in [1.165, 1.54) is 0 Å². The molecule has 0 aliphatic carbocycles. The van der Waals surface area contributed by atoms with Crippen LogP contribution in [0.3, 0.4) is 0 Å². The molecule has 0 aromatic heterocycles. The maximum atomic E-state index is 12.0. The number of carbonyl (C=O) groups excluding carboxylic acids is 1. The Hall–Kier alpha value is -2.04. The number of carboxylic acids is 1. The summed E-state index contributed by atoms with van der Waals surface area (Å²) in [4.78, 5) is 24.7. The molecule has 0 saturated heterocycles. The standard InChI is InChI=1S/C14H18N2O3/c1-14(2,13(18)19)5-6-16-11-4-3-10(15)7-9(11)8-12(16)17/h3-4,7H,5-6,8,15H2,1-2H3,(H,18,19). The van der Waals surface area contributed by atoms with Gasteiger partial charge in [0, 0.05) is 17.9 Å². The van der Waals surface area contributed by atoms with Crippen LogP contribution in [0.4, 0.5) is 11.4 Å². The second kappa shape index (κ2) is 4.57. The first kappa shape index (κ1) is 13.4. The van der Waals surface area contributed by atoms with E-state index in [0.717, 1.165) is 11.3 Å². The zero-order valence-corrected chi connectivity index (χ0v) is 11.1. The highest BCUT2D eigenvalue weighted by Gasteiger charge is 2.32. The quantitative estimate of drug-likeness (QED) is 0.808. The van der Waals surface area contributed by atoms with Crippen LogP contribution in [0.25, 0.3) is 0 Å². The number of hydrogen-bond donors (Lipinski definition) is 2. The summed E-state index contributed by atoms with van der Waals surface area (Å²) in [6.07, 6.45) is 0.756. The van der Waals surface area contributed by atoms with Crippen molar-refractivity contribution in [3.8, 4) is 0 Å². The molecule has 0 spiro atoms. The summed E-state index contributed by atoms with van der Waals surface area (Å²) in [5.41, 5.74) is 7.26. The van der Waals surface area contributed by atoms with Gasteiger partial charge in [0.05, 0.1) is 11.8 Å². The van der Waals surface area contributed by atoms with Crippen molar-refractivity contribution >= 4 is 23.3 Å². The van der Waals surface area contributed by atoms with Gasteiger partial charge in [-0.3, -0.25) is 9.59 Å². The van der Waals surface area contributed by atoms with Gasteiger partial charge in [-0.05, 0) is 44.0 Å². The number of rotatable bonds is 4. The SMILES string of the molecule is CC(C)(CCN1C(=O)Cc2cc(N)ccc21)C(=O)O. The van der Waals surface area contributed by atoms with Gasteiger partial charge >= 0.3 is 5.97 Å². The molecule has 0 saturated carbocycles. The van der Waals surface area contributed by atoms with Crippen LogP contribution in [0.1, 0.15) is 25.8 Å². The Morgan fingerprint density at radius 1 is 1.47 bits per heavy atom. The van der Waals surface area contributed by atoms with E-state index in [2.05, 4.69) is 0 Å². The summed E-state index contributed by atoms with van der Waals surface area (Å²) in [6, 6.07) is 5.38. The highest BCUT2D eigenvalue weighted by Crippen LogP contribution is 2.32. The van der Waals surface area contributed by atoms with E-state index < -0.39 is 11.4 Å². The van der Waals surface area contributed by atoms with Crippen LogP contribution in [0.2, 0.25) is 0 Å². The molecule has 0 radical (unpaired) electrons. The second-order valence-corrected chi connectivity index (χ2v) is 5.55. The van der Waals surface area contributed by atoms with Crippen LogP contribution in [-0.4, -0.2) is 23.5 Å². The van der Waals surface area contributed by atoms with Crippen molar-refractivity contribution in [1.29, 1.82) is 0 Å². The van der Waals surface area contributed by atoms with Gasteiger partial charge in [-0.1, -0.05) is 0 Å². The van der Waals surface area contributed by atoms with E-state index in [0.29, 0.717) is 25.1 Å². The molecule has 1 aromatic carbocycles. The Kier molecular flexibility index (Phi) is 3.22. The molecule has 1 amide bonds. The number of carboxylic acid groups (broad SMARTS) is 1. The molecule has 5 heteroatoms. The molecule has 102 valence electrons. The average Bonchev–Trinajstić information content (AvgIpc) is 2.61. The molecule has 0 atom stereocenters. The third-order valence-electron chi connectivity index (χ3n) is 3.58. The lowest BCUT2D eigenvalue weighted by Gasteiger charge is -2.24. The number of amides is 1. The van der Waals surface area contributed by atoms with Crippen molar-refractivity contribution < 1.29 is 14.7 Å². The topological polar surface area (TPSA) is 83.6 Å². The molecule has 1 aromatic rings. The molecule has 0 bridgehead atoms. The van der Waals surface area contributed by atoms with Crippen LogP contribution in [0.5, 0.6) is 0 Å². The minimum Gasteiger partial charge on any atom is -0.481 e. The molecule has 1 aliphatic heterocycles. The maximum Gasteiger partial charge on any atom is 0.309 e. The molecule has 0 fully saturated rings. The predicted octanol–water partition coefficient (Wildman–Crippen LogP) is 1.66.